The van der Waals surface area contributed by atoms with E-state index in [0.717, 1.165) is 0 Å². The highest BCUT2D eigenvalue weighted by molar-refractivity contribution is 5.46. The molecule has 0 radical (unpaired) electrons. The molecule has 6 N–H and O–H groups in total. The van der Waals surface area contributed by atoms with Crippen molar-refractivity contribution in [1.29, 1.82) is 0 Å². The lowest BCUT2D eigenvalue weighted by Gasteiger charge is -2.45. The third-order valence-corrected chi connectivity index (χ3v) is 5.98. The molecule has 1 aromatic carbocycles. The van der Waals surface area contributed by atoms with Crippen LogP contribution in [0.25, 0.3) is 0 Å². The van der Waals surface area contributed by atoms with Crippen LogP contribution in [0, 0.1) is 5.92 Å². The van der Waals surface area contributed by atoms with Gasteiger partial charge in [-0.05, 0) is 18.6 Å². The molecule has 9 atom stereocenters. The van der Waals surface area contributed by atoms with Gasteiger partial charge in [-0.1, -0.05) is 0 Å². The van der Waals surface area contributed by atoms with Crippen LogP contribution in [0.15, 0.2) is 18.2 Å². The van der Waals surface area contributed by atoms with Crippen molar-refractivity contribution in [2.45, 2.75) is 61.9 Å². The van der Waals surface area contributed by atoms with Crippen molar-refractivity contribution in [3.05, 3.63) is 18.2 Å². The SMILES string of the molecule is OCC1CC(O)C(O)C(CC2C(O)C(CO)OC(Oc3ccc4c(c3)OCO4)C2O)O1. The Morgan fingerprint density at radius 2 is 1.65 bits per heavy atom. The summed E-state index contributed by atoms with van der Waals surface area (Å²) in [6, 6.07) is 4.82. The van der Waals surface area contributed by atoms with Crippen LogP contribution < -0.4 is 14.2 Å². The normalized spacial score (nSPS) is 40.0. The molecule has 1 aromatic rings. The van der Waals surface area contributed by atoms with E-state index < -0.39 is 61.5 Å². The van der Waals surface area contributed by atoms with E-state index in [0.29, 0.717) is 17.2 Å². The monoisotopic (exact) mass is 444 g/mol. The second-order valence-corrected chi connectivity index (χ2v) is 8.01. The third kappa shape index (κ3) is 4.59. The van der Waals surface area contributed by atoms with Gasteiger partial charge in [-0.15, -0.1) is 0 Å². The minimum atomic E-state index is -1.34. The lowest BCUT2D eigenvalue weighted by molar-refractivity contribution is -0.273. The Balaban J connectivity index is 1.50. The quantitative estimate of drug-likeness (QED) is 0.290. The van der Waals surface area contributed by atoms with Crippen molar-refractivity contribution in [3.8, 4) is 17.2 Å². The molecule has 0 amide bonds. The summed E-state index contributed by atoms with van der Waals surface area (Å²) in [7, 11) is 0. The maximum atomic E-state index is 10.9. The molecule has 9 unspecified atom stereocenters. The second kappa shape index (κ2) is 9.43. The van der Waals surface area contributed by atoms with Gasteiger partial charge < -0.3 is 54.3 Å². The summed E-state index contributed by atoms with van der Waals surface area (Å²) >= 11 is 0. The molecule has 3 aliphatic rings. The van der Waals surface area contributed by atoms with Gasteiger partial charge in [0.05, 0.1) is 37.6 Å². The molecule has 0 aromatic heterocycles. The second-order valence-electron chi connectivity index (χ2n) is 8.01. The molecule has 3 heterocycles. The van der Waals surface area contributed by atoms with E-state index in [4.69, 9.17) is 23.7 Å². The van der Waals surface area contributed by atoms with E-state index in [9.17, 15) is 30.6 Å². The molecule has 0 bridgehead atoms. The highest BCUT2D eigenvalue weighted by Gasteiger charge is 2.48. The summed E-state index contributed by atoms with van der Waals surface area (Å²) in [6.45, 7) is -0.776. The van der Waals surface area contributed by atoms with Crippen LogP contribution in [0.1, 0.15) is 12.8 Å². The molecule has 2 fully saturated rings. The van der Waals surface area contributed by atoms with Gasteiger partial charge in [-0.2, -0.15) is 0 Å². The van der Waals surface area contributed by atoms with Gasteiger partial charge in [0.1, 0.15) is 24.1 Å². The Hall–Kier alpha value is -1.70. The fourth-order valence-electron chi connectivity index (χ4n) is 4.25. The minimum absolute atomic E-state index is 0.0576. The first-order valence-corrected chi connectivity index (χ1v) is 10.2. The number of aliphatic hydroxyl groups is 6. The zero-order chi connectivity index (χ0) is 22.1. The Bertz CT molecular complexity index is 746. The van der Waals surface area contributed by atoms with Crippen molar-refractivity contribution < 1.29 is 54.3 Å². The van der Waals surface area contributed by atoms with Crippen molar-refractivity contribution in [2.24, 2.45) is 5.92 Å². The predicted octanol–water partition coefficient (Wildman–Crippen LogP) is -1.89. The molecular weight excluding hydrogens is 416 g/mol. The van der Waals surface area contributed by atoms with Gasteiger partial charge in [-0.25, -0.2) is 0 Å². The van der Waals surface area contributed by atoms with Crippen LogP contribution in [-0.2, 0) is 9.47 Å². The van der Waals surface area contributed by atoms with E-state index in [1.54, 1.807) is 18.2 Å². The van der Waals surface area contributed by atoms with Crippen molar-refractivity contribution >= 4 is 0 Å². The van der Waals surface area contributed by atoms with E-state index in [2.05, 4.69) is 0 Å². The Morgan fingerprint density at radius 3 is 2.39 bits per heavy atom. The summed E-state index contributed by atoms with van der Waals surface area (Å²) < 4.78 is 27.5. The van der Waals surface area contributed by atoms with Crippen LogP contribution in [0.2, 0.25) is 0 Å². The summed E-state index contributed by atoms with van der Waals surface area (Å²) in [4.78, 5) is 0. The molecule has 11 heteroatoms. The lowest BCUT2D eigenvalue weighted by Crippen LogP contribution is -2.59. The molecule has 11 nitrogen and oxygen atoms in total. The first kappa shape index (κ1) is 22.5. The molecule has 0 saturated carbocycles. The summed E-state index contributed by atoms with van der Waals surface area (Å²) in [5.74, 6) is 0.444. The number of hydrogen-bond acceptors (Lipinski definition) is 11. The number of rotatable bonds is 6. The smallest absolute Gasteiger partial charge is 0.231 e. The molecule has 2 saturated heterocycles. The maximum Gasteiger partial charge on any atom is 0.231 e. The Morgan fingerprint density at radius 1 is 0.871 bits per heavy atom. The highest BCUT2D eigenvalue weighted by Crippen LogP contribution is 2.38. The number of aliphatic hydroxyl groups excluding tert-OH is 6. The van der Waals surface area contributed by atoms with Gasteiger partial charge >= 0.3 is 0 Å². The molecular formula is C20H28O11. The van der Waals surface area contributed by atoms with Gasteiger partial charge in [0.2, 0.25) is 13.1 Å². The largest absolute Gasteiger partial charge is 0.462 e. The zero-order valence-electron chi connectivity index (χ0n) is 16.7. The standard InChI is InChI=1S/C20H28O11/c21-6-10-3-12(23)19(26)15(29-10)5-11-17(24)16(7-22)31-20(18(11)25)30-9-1-2-13-14(4-9)28-8-27-13/h1-2,4,10-12,15-26H,3,5-8H2. The maximum absolute atomic E-state index is 10.9. The summed E-state index contributed by atoms with van der Waals surface area (Å²) in [5, 5.41) is 60.9. The lowest BCUT2D eigenvalue weighted by atomic mass is 9.82. The minimum Gasteiger partial charge on any atom is -0.462 e. The molecule has 31 heavy (non-hydrogen) atoms. The Labute approximate surface area is 178 Å². The molecule has 0 aliphatic carbocycles. The van der Waals surface area contributed by atoms with Crippen LogP contribution in [0.3, 0.4) is 0 Å². The topological polar surface area (TPSA) is 168 Å². The van der Waals surface area contributed by atoms with Gasteiger partial charge in [-0.3, -0.25) is 0 Å². The predicted molar refractivity (Wildman–Crippen MR) is 101 cm³/mol. The number of hydrogen-bond donors (Lipinski definition) is 6. The van der Waals surface area contributed by atoms with Gasteiger partial charge in [0.15, 0.2) is 11.5 Å². The first-order valence-electron chi connectivity index (χ1n) is 10.2. The molecule has 174 valence electrons. The van der Waals surface area contributed by atoms with Crippen molar-refractivity contribution in [1.82, 2.24) is 0 Å². The number of fused-ring (bicyclic) bond motifs is 1. The van der Waals surface area contributed by atoms with Crippen molar-refractivity contribution in [3.63, 3.8) is 0 Å². The van der Waals surface area contributed by atoms with Crippen LogP contribution in [0.4, 0.5) is 0 Å². The summed E-state index contributed by atoms with van der Waals surface area (Å²) in [6.07, 6.45) is -8.88. The van der Waals surface area contributed by atoms with E-state index in [-0.39, 0.29) is 26.2 Å². The van der Waals surface area contributed by atoms with E-state index >= 15 is 0 Å². The average Bonchev–Trinajstić information content (AvgIpc) is 3.23. The van der Waals surface area contributed by atoms with Crippen LogP contribution in [0.5, 0.6) is 17.2 Å². The highest BCUT2D eigenvalue weighted by atomic mass is 16.7. The van der Waals surface area contributed by atoms with Crippen LogP contribution in [-0.4, -0.2) is 99.7 Å². The number of benzene rings is 1. The Kier molecular flexibility index (Phi) is 6.84. The van der Waals surface area contributed by atoms with E-state index in [1.165, 1.54) is 0 Å². The molecule has 4 rings (SSSR count). The van der Waals surface area contributed by atoms with Gasteiger partial charge in [0, 0.05) is 18.4 Å². The summed E-state index contributed by atoms with van der Waals surface area (Å²) in [5.41, 5.74) is 0. The third-order valence-electron chi connectivity index (χ3n) is 5.98. The fraction of sp³-hybridized carbons (Fsp3) is 0.700. The molecule has 3 aliphatic heterocycles. The van der Waals surface area contributed by atoms with Crippen LogP contribution >= 0.6 is 0 Å². The van der Waals surface area contributed by atoms with Gasteiger partial charge in [0.25, 0.3) is 0 Å². The molecule has 0 spiro atoms. The number of ether oxygens (including phenoxy) is 5. The van der Waals surface area contributed by atoms with Crippen molar-refractivity contribution in [2.75, 3.05) is 20.0 Å². The zero-order valence-corrected chi connectivity index (χ0v) is 16.7. The first-order chi connectivity index (χ1) is 14.9. The average molecular weight is 444 g/mol. The fourth-order valence-corrected chi connectivity index (χ4v) is 4.25. The van der Waals surface area contributed by atoms with E-state index in [1.807, 2.05) is 0 Å².